The van der Waals surface area contributed by atoms with Gasteiger partial charge in [0.15, 0.2) is 0 Å². The molecule has 7 nitrogen and oxygen atoms in total. The fourth-order valence-electron chi connectivity index (χ4n) is 3.70. The number of hydrogen-bond donors (Lipinski definition) is 0. The van der Waals surface area contributed by atoms with Crippen molar-refractivity contribution in [2.24, 2.45) is 0 Å². The van der Waals surface area contributed by atoms with Gasteiger partial charge in [0.05, 0.1) is 19.1 Å². The lowest BCUT2D eigenvalue weighted by molar-refractivity contribution is -0.129. The molecule has 1 saturated heterocycles. The highest BCUT2D eigenvalue weighted by Crippen LogP contribution is 2.24. The van der Waals surface area contributed by atoms with E-state index in [1.807, 2.05) is 50.2 Å². The maximum absolute atomic E-state index is 12.9. The number of aryl methyl sites for hydroxylation is 2. The number of hydrogen-bond acceptors (Lipinski definition) is 5. The first kappa shape index (κ1) is 22.0. The number of methoxy groups -OCH3 is 1. The van der Waals surface area contributed by atoms with Gasteiger partial charge in [0.25, 0.3) is 0 Å². The van der Waals surface area contributed by atoms with E-state index in [1.165, 1.54) is 4.31 Å². The summed E-state index contributed by atoms with van der Waals surface area (Å²) in [5.74, 6) is 0.620. The van der Waals surface area contributed by atoms with Gasteiger partial charge in [-0.05, 0) is 49.7 Å². The zero-order valence-electron chi connectivity index (χ0n) is 18.0. The molecule has 0 bridgehead atoms. The van der Waals surface area contributed by atoms with E-state index in [1.54, 1.807) is 18.1 Å². The highest BCUT2D eigenvalue weighted by Gasteiger charge is 2.27. The largest absolute Gasteiger partial charge is 0.497 e. The van der Waals surface area contributed by atoms with Gasteiger partial charge in [0, 0.05) is 31.9 Å². The molecule has 1 fully saturated rings. The van der Waals surface area contributed by atoms with Crippen LogP contribution in [0.3, 0.4) is 0 Å². The van der Waals surface area contributed by atoms with Gasteiger partial charge in [-0.15, -0.1) is 0 Å². The second kappa shape index (κ2) is 8.95. The van der Waals surface area contributed by atoms with Crippen molar-refractivity contribution in [3.05, 3.63) is 53.6 Å². The Morgan fingerprint density at radius 3 is 2.20 bits per heavy atom. The van der Waals surface area contributed by atoms with Gasteiger partial charge < -0.3 is 14.5 Å². The van der Waals surface area contributed by atoms with Gasteiger partial charge in [0.1, 0.15) is 12.3 Å². The molecule has 0 atom stereocenters. The lowest BCUT2D eigenvalue weighted by atomic mass is 10.1. The topological polar surface area (TPSA) is 70.2 Å². The third kappa shape index (κ3) is 5.05. The third-order valence-corrected chi connectivity index (χ3v) is 6.50. The molecule has 1 amide bonds. The fraction of sp³-hybridized carbons (Fsp3) is 0.409. The van der Waals surface area contributed by atoms with E-state index in [-0.39, 0.29) is 12.5 Å². The van der Waals surface area contributed by atoms with Crippen LogP contribution >= 0.6 is 0 Å². The SMILES string of the molecule is COc1ccc(N2CCN(C(=O)CN(c3ccc(C)cc3C)S(C)(=O)=O)CC2)cc1. The Morgan fingerprint density at radius 2 is 1.67 bits per heavy atom. The standard InChI is InChI=1S/C22H29N3O4S/c1-17-5-10-21(18(2)15-17)25(30(4,27)28)16-22(26)24-13-11-23(12-14-24)19-6-8-20(29-3)9-7-19/h5-10,15H,11-14,16H2,1-4H3. The number of carbonyl (C=O) groups excluding carboxylic acids is 1. The maximum Gasteiger partial charge on any atom is 0.243 e. The minimum atomic E-state index is -3.58. The predicted molar refractivity (Wildman–Crippen MR) is 120 cm³/mol. The van der Waals surface area contributed by atoms with Crippen molar-refractivity contribution in [1.29, 1.82) is 0 Å². The lowest BCUT2D eigenvalue weighted by Gasteiger charge is -2.37. The number of rotatable bonds is 6. The van der Waals surface area contributed by atoms with E-state index in [0.29, 0.717) is 31.9 Å². The molecule has 0 radical (unpaired) electrons. The van der Waals surface area contributed by atoms with Crippen molar-refractivity contribution in [2.45, 2.75) is 13.8 Å². The van der Waals surface area contributed by atoms with Gasteiger partial charge in [-0.3, -0.25) is 9.10 Å². The smallest absolute Gasteiger partial charge is 0.243 e. The second-order valence-corrected chi connectivity index (χ2v) is 9.53. The number of ether oxygens (including phenoxy) is 1. The Balaban J connectivity index is 1.67. The fourth-order valence-corrected chi connectivity index (χ4v) is 4.60. The Hall–Kier alpha value is -2.74. The van der Waals surface area contributed by atoms with Crippen LogP contribution in [0.1, 0.15) is 11.1 Å². The summed E-state index contributed by atoms with van der Waals surface area (Å²) in [4.78, 5) is 16.9. The molecular weight excluding hydrogens is 402 g/mol. The molecule has 0 spiro atoms. The highest BCUT2D eigenvalue weighted by molar-refractivity contribution is 7.92. The minimum absolute atomic E-state index is 0.185. The van der Waals surface area contributed by atoms with Crippen LogP contribution in [0.5, 0.6) is 5.75 Å². The molecule has 162 valence electrons. The van der Waals surface area contributed by atoms with Gasteiger partial charge in [-0.1, -0.05) is 17.7 Å². The van der Waals surface area contributed by atoms with Crippen molar-refractivity contribution in [3.63, 3.8) is 0 Å². The van der Waals surface area contributed by atoms with Crippen LogP contribution in [0, 0.1) is 13.8 Å². The van der Waals surface area contributed by atoms with Crippen molar-refractivity contribution in [2.75, 3.05) is 55.3 Å². The minimum Gasteiger partial charge on any atom is -0.497 e. The monoisotopic (exact) mass is 431 g/mol. The van der Waals surface area contributed by atoms with Crippen LogP contribution in [0.15, 0.2) is 42.5 Å². The summed E-state index contributed by atoms with van der Waals surface area (Å²) < 4.78 is 31.2. The van der Waals surface area contributed by atoms with Crippen molar-refractivity contribution >= 4 is 27.3 Å². The normalized spacial score (nSPS) is 14.5. The quantitative estimate of drug-likeness (QED) is 0.703. The molecule has 0 saturated carbocycles. The Morgan fingerprint density at radius 1 is 1.03 bits per heavy atom. The van der Waals surface area contributed by atoms with Crippen molar-refractivity contribution in [3.8, 4) is 5.75 Å². The zero-order chi connectivity index (χ0) is 21.9. The summed E-state index contributed by atoms with van der Waals surface area (Å²) in [7, 11) is -1.95. The average molecular weight is 432 g/mol. The Labute approximate surface area is 178 Å². The molecule has 1 aliphatic rings. The summed E-state index contributed by atoms with van der Waals surface area (Å²) in [5, 5.41) is 0. The molecular formula is C22H29N3O4S. The zero-order valence-corrected chi connectivity index (χ0v) is 18.8. The third-order valence-electron chi connectivity index (χ3n) is 5.37. The molecule has 1 aliphatic heterocycles. The number of carbonyl (C=O) groups is 1. The van der Waals surface area contributed by atoms with E-state index in [2.05, 4.69) is 4.90 Å². The predicted octanol–water partition coefficient (Wildman–Crippen LogP) is 2.43. The lowest BCUT2D eigenvalue weighted by Crippen LogP contribution is -2.52. The summed E-state index contributed by atoms with van der Waals surface area (Å²) in [6, 6.07) is 13.4. The van der Waals surface area contributed by atoms with Gasteiger partial charge in [0.2, 0.25) is 15.9 Å². The molecule has 2 aromatic carbocycles. The molecule has 0 N–H and O–H groups in total. The van der Waals surface area contributed by atoms with E-state index >= 15 is 0 Å². The Bertz CT molecular complexity index is 998. The molecule has 0 aromatic heterocycles. The first-order valence-corrected chi connectivity index (χ1v) is 11.8. The van der Waals surface area contributed by atoms with Crippen molar-refractivity contribution in [1.82, 2.24) is 4.90 Å². The number of nitrogens with zero attached hydrogens (tertiary/aromatic N) is 3. The van der Waals surface area contributed by atoms with Crippen LogP contribution < -0.4 is 13.9 Å². The van der Waals surface area contributed by atoms with E-state index < -0.39 is 10.0 Å². The van der Waals surface area contributed by atoms with E-state index in [0.717, 1.165) is 28.8 Å². The maximum atomic E-state index is 12.9. The van der Waals surface area contributed by atoms with Crippen LogP contribution in [-0.2, 0) is 14.8 Å². The summed E-state index contributed by atoms with van der Waals surface area (Å²) in [6.45, 7) is 6.12. The molecule has 2 aromatic rings. The van der Waals surface area contributed by atoms with Crippen LogP contribution in [-0.4, -0.2) is 65.3 Å². The molecule has 0 unspecified atom stereocenters. The highest BCUT2D eigenvalue weighted by atomic mass is 32.2. The number of sulfonamides is 1. The molecule has 0 aliphatic carbocycles. The average Bonchev–Trinajstić information content (AvgIpc) is 2.72. The Kier molecular flexibility index (Phi) is 6.55. The number of benzene rings is 2. The summed E-state index contributed by atoms with van der Waals surface area (Å²) >= 11 is 0. The number of anilines is 2. The molecule has 8 heteroatoms. The summed E-state index contributed by atoms with van der Waals surface area (Å²) in [6.07, 6.45) is 1.14. The van der Waals surface area contributed by atoms with Gasteiger partial charge >= 0.3 is 0 Å². The van der Waals surface area contributed by atoms with Gasteiger partial charge in [-0.2, -0.15) is 0 Å². The first-order valence-electron chi connectivity index (χ1n) is 9.91. The first-order chi connectivity index (χ1) is 14.2. The van der Waals surface area contributed by atoms with Crippen LogP contribution in [0.25, 0.3) is 0 Å². The van der Waals surface area contributed by atoms with Gasteiger partial charge in [-0.25, -0.2) is 8.42 Å². The molecule has 1 heterocycles. The number of piperazine rings is 1. The van der Waals surface area contributed by atoms with E-state index in [9.17, 15) is 13.2 Å². The molecule has 3 rings (SSSR count). The summed E-state index contributed by atoms with van der Waals surface area (Å²) in [5.41, 5.74) is 3.51. The van der Waals surface area contributed by atoms with Crippen molar-refractivity contribution < 1.29 is 17.9 Å². The van der Waals surface area contributed by atoms with Crippen LogP contribution in [0.2, 0.25) is 0 Å². The molecule has 30 heavy (non-hydrogen) atoms. The van der Waals surface area contributed by atoms with Crippen LogP contribution in [0.4, 0.5) is 11.4 Å². The second-order valence-electron chi connectivity index (χ2n) is 7.63. The van der Waals surface area contributed by atoms with E-state index in [4.69, 9.17) is 4.74 Å². The number of amides is 1.